The molecule has 0 heterocycles. The molecule has 0 aliphatic rings. The molecule has 3 heteroatoms. The van der Waals surface area contributed by atoms with Gasteiger partial charge in [-0.15, -0.1) is 0 Å². The minimum Gasteiger partial charge on any atom is -0.363 e. The maximum atomic E-state index is 5.15. The second-order valence-corrected chi connectivity index (χ2v) is 3.68. The lowest BCUT2D eigenvalue weighted by molar-refractivity contribution is 0.563. The highest BCUT2D eigenvalue weighted by molar-refractivity contribution is 7.80. The van der Waals surface area contributed by atoms with Gasteiger partial charge < -0.3 is 10.6 Å². The Hall–Kier alpha value is -0.310. The van der Waals surface area contributed by atoms with E-state index in [1.165, 1.54) is 12.8 Å². The molecule has 0 aliphatic carbocycles. The van der Waals surface area contributed by atoms with Gasteiger partial charge in [-0.2, -0.15) is 0 Å². The van der Waals surface area contributed by atoms with Crippen molar-refractivity contribution in [2.45, 2.75) is 52.5 Å². The fourth-order valence-electron chi connectivity index (χ4n) is 1.11. The van der Waals surface area contributed by atoms with E-state index < -0.39 is 0 Å². The van der Waals surface area contributed by atoms with E-state index in [2.05, 4.69) is 31.4 Å². The zero-order valence-electron chi connectivity index (χ0n) is 9.02. The van der Waals surface area contributed by atoms with Crippen molar-refractivity contribution in [2.24, 2.45) is 0 Å². The van der Waals surface area contributed by atoms with Crippen LogP contribution in [0.15, 0.2) is 0 Å². The van der Waals surface area contributed by atoms with E-state index in [-0.39, 0.29) is 0 Å². The van der Waals surface area contributed by atoms with Crippen LogP contribution in [0.25, 0.3) is 0 Å². The third-order valence-corrected chi connectivity index (χ3v) is 2.40. The summed E-state index contributed by atoms with van der Waals surface area (Å²) < 4.78 is 0. The van der Waals surface area contributed by atoms with Gasteiger partial charge in [-0.05, 0) is 31.5 Å². The standard InChI is InChI=1S/C10H22N2S/c1-4-7-8-11-10(13)12-9(5-2)6-3/h9H,4-8H2,1-3H3,(H2,11,12,13). The molecule has 0 rings (SSSR count). The third-order valence-electron chi connectivity index (χ3n) is 2.14. The van der Waals surface area contributed by atoms with Crippen molar-refractivity contribution in [1.29, 1.82) is 0 Å². The SMILES string of the molecule is CCCCNC(=S)NC(CC)CC. The molecule has 0 saturated carbocycles. The number of nitrogens with one attached hydrogen (secondary N) is 2. The quantitative estimate of drug-likeness (QED) is 0.511. The van der Waals surface area contributed by atoms with Crippen LogP contribution in [0.2, 0.25) is 0 Å². The van der Waals surface area contributed by atoms with E-state index >= 15 is 0 Å². The molecule has 78 valence electrons. The Morgan fingerprint density at radius 1 is 1.23 bits per heavy atom. The number of hydrogen-bond donors (Lipinski definition) is 2. The number of hydrogen-bond acceptors (Lipinski definition) is 1. The van der Waals surface area contributed by atoms with E-state index in [0.717, 1.165) is 24.5 Å². The summed E-state index contributed by atoms with van der Waals surface area (Å²) in [5.74, 6) is 0. The Morgan fingerprint density at radius 2 is 1.85 bits per heavy atom. The first-order valence-corrected chi connectivity index (χ1v) is 5.69. The van der Waals surface area contributed by atoms with Crippen LogP contribution in [0.4, 0.5) is 0 Å². The molecule has 2 nitrogen and oxygen atoms in total. The fraction of sp³-hybridized carbons (Fsp3) is 0.900. The second-order valence-electron chi connectivity index (χ2n) is 3.27. The van der Waals surface area contributed by atoms with Gasteiger partial charge in [0.1, 0.15) is 0 Å². The van der Waals surface area contributed by atoms with E-state index in [4.69, 9.17) is 12.2 Å². The molecule has 0 bridgehead atoms. The largest absolute Gasteiger partial charge is 0.363 e. The topological polar surface area (TPSA) is 24.1 Å². The minimum absolute atomic E-state index is 0.529. The van der Waals surface area contributed by atoms with E-state index in [1.54, 1.807) is 0 Å². The first kappa shape index (κ1) is 12.7. The molecule has 0 unspecified atom stereocenters. The average molecular weight is 202 g/mol. The van der Waals surface area contributed by atoms with Crippen LogP contribution in [0.5, 0.6) is 0 Å². The van der Waals surface area contributed by atoms with Crippen molar-refractivity contribution < 1.29 is 0 Å². The van der Waals surface area contributed by atoms with Gasteiger partial charge in [0.15, 0.2) is 5.11 Å². The molecule has 2 N–H and O–H groups in total. The smallest absolute Gasteiger partial charge is 0.166 e. The minimum atomic E-state index is 0.529. The third kappa shape index (κ3) is 6.82. The summed E-state index contributed by atoms with van der Waals surface area (Å²) >= 11 is 5.15. The molecule has 0 saturated heterocycles. The van der Waals surface area contributed by atoms with Gasteiger partial charge in [-0.1, -0.05) is 27.2 Å². The Kier molecular flexibility index (Phi) is 8.10. The van der Waals surface area contributed by atoms with Crippen molar-refractivity contribution >= 4 is 17.3 Å². The predicted molar refractivity (Wildman–Crippen MR) is 63.0 cm³/mol. The normalized spacial score (nSPS) is 10.2. The fourth-order valence-corrected chi connectivity index (χ4v) is 1.38. The first-order valence-electron chi connectivity index (χ1n) is 5.28. The van der Waals surface area contributed by atoms with Crippen LogP contribution < -0.4 is 10.6 Å². The van der Waals surface area contributed by atoms with E-state index in [1.807, 2.05) is 0 Å². The van der Waals surface area contributed by atoms with Gasteiger partial charge in [0.05, 0.1) is 0 Å². The van der Waals surface area contributed by atoms with Crippen LogP contribution in [-0.4, -0.2) is 17.7 Å². The summed E-state index contributed by atoms with van der Waals surface area (Å²) in [6.07, 6.45) is 4.66. The van der Waals surface area contributed by atoms with Gasteiger partial charge in [-0.25, -0.2) is 0 Å². The van der Waals surface area contributed by atoms with E-state index in [0.29, 0.717) is 6.04 Å². The summed E-state index contributed by atoms with van der Waals surface area (Å²) in [7, 11) is 0. The Balaban J connectivity index is 3.48. The highest BCUT2D eigenvalue weighted by Gasteiger charge is 2.03. The number of rotatable bonds is 6. The lowest BCUT2D eigenvalue weighted by atomic mass is 10.2. The van der Waals surface area contributed by atoms with Gasteiger partial charge in [0.2, 0.25) is 0 Å². The van der Waals surface area contributed by atoms with Gasteiger partial charge in [0.25, 0.3) is 0 Å². The highest BCUT2D eigenvalue weighted by atomic mass is 32.1. The molecule has 0 atom stereocenters. The molecule has 0 amide bonds. The maximum Gasteiger partial charge on any atom is 0.166 e. The number of unbranched alkanes of at least 4 members (excludes halogenated alkanes) is 1. The molecule has 0 aromatic heterocycles. The summed E-state index contributed by atoms with van der Waals surface area (Å²) in [6.45, 7) is 7.52. The average Bonchev–Trinajstić information content (AvgIpc) is 2.14. The summed E-state index contributed by atoms with van der Waals surface area (Å²) in [6, 6.07) is 0.529. The van der Waals surface area contributed by atoms with Crippen molar-refractivity contribution in [2.75, 3.05) is 6.54 Å². The van der Waals surface area contributed by atoms with Crippen molar-refractivity contribution in [3.63, 3.8) is 0 Å². The predicted octanol–water partition coefficient (Wildman–Crippen LogP) is 2.44. The Labute approximate surface area is 87.5 Å². The van der Waals surface area contributed by atoms with Gasteiger partial charge in [-0.3, -0.25) is 0 Å². The zero-order chi connectivity index (χ0) is 10.1. The summed E-state index contributed by atoms with van der Waals surface area (Å²) in [4.78, 5) is 0. The Bertz CT molecular complexity index is 133. The van der Waals surface area contributed by atoms with Crippen LogP contribution in [0.3, 0.4) is 0 Å². The summed E-state index contributed by atoms with van der Waals surface area (Å²) in [5.41, 5.74) is 0. The lowest BCUT2D eigenvalue weighted by Gasteiger charge is -2.17. The molecular weight excluding hydrogens is 180 g/mol. The highest BCUT2D eigenvalue weighted by Crippen LogP contribution is 1.95. The molecular formula is C10H22N2S. The Morgan fingerprint density at radius 3 is 2.31 bits per heavy atom. The van der Waals surface area contributed by atoms with Gasteiger partial charge in [0, 0.05) is 12.6 Å². The molecule has 0 fully saturated rings. The molecule has 0 aromatic carbocycles. The molecule has 0 aliphatic heterocycles. The van der Waals surface area contributed by atoms with Crippen molar-refractivity contribution in [1.82, 2.24) is 10.6 Å². The van der Waals surface area contributed by atoms with Crippen molar-refractivity contribution in [3.05, 3.63) is 0 Å². The molecule has 0 spiro atoms. The summed E-state index contributed by atoms with van der Waals surface area (Å²) in [5, 5.41) is 7.31. The molecule has 0 aromatic rings. The molecule has 0 radical (unpaired) electrons. The monoisotopic (exact) mass is 202 g/mol. The van der Waals surface area contributed by atoms with Crippen LogP contribution >= 0.6 is 12.2 Å². The zero-order valence-corrected chi connectivity index (χ0v) is 9.84. The lowest BCUT2D eigenvalue weighted by Crippen LogP contribution is -2.41. The van der Waals surface area contributed by atoms with Gasteiger partial charge >= 0.3 is 0 Å². The maximum absolute atomic E-state index is 5.15. The first-order chi connectivity index (χ1) is 6.24. The number of thiocarbonyl (C=S) groups is 1. The van der Waals surface area contributed by atoms with Crippen molar-refractivity contribution in [3.8, 4) is 0 Å². The van der Waals surface area contributed by atoms with Crippen LogP contribution in [-0.2, 0) is 0 Å². The van der Waals surface area contributed by atoms with Crippen LogP contribution in [0.1, 0.15) is 46.5 Å². The molecule has 13 heavy (non-hydrogen) atoms. The second kappa shape index (κ2) is 8.30. The van der Waals surface area contributed by atoms with E-state index in [9.17, 15) is 0 Å². The van der Waals surface area contributed by atoms with Crippen LogP contribution in [0, 0.1) is 0 Å².